The zero-order chi connectivity index (χ0) is 8.97. The van der Waals surface area contributed by atoms with Crippen LogP contribution in [0.2, 0.25) is 0 Å². The molecule has 1 atom stereocenters. The number of nitrogens with zero attached hydrogens (tertiary/aromatic N) is 2. The monoisotopic (exact) mass is 165 g/mol. The number of nitrogens with two attached hydrogens (primary N) is 1. The number of pyridine rings is 1. The van der Waals surface area contributed by atoms with Gasteiger partial charge in [-0.15, -0.1) is 0 Å². The van der Waals surface area contributed by atoms with Gasteiger partial charge in [-0.3, -0.25) is 0 Å². The fraction of sp³-hybridized carbons (Fsp3) is 0.250. The molecule has 0 saturated heterocycles. The fourth-order valence-electron chi connectivity index (χ4n) is 0.833. The zero-order valence-corrected chi connectivity index (χ0v) is 6.37. The Bertz CT molecular complexity index is 305. The molecule has 0 unspecified atom stereocenters. The summed E-state index contributed by atoms with van der Waals surface area (Å²) in [5, 5.41) is 8.32. The van der Waals surface area contributed by atoms with E-state index in [-0.39, 0.29) is 6.42 Å². The van der Waals surface area contributed by atoms with Crippen LogP contribution in [0.15, 0.2) is 18.2 Å². The molecular weight excluding hydrogens is 157 g/mol. The molecule has 4 heteroatoms. The van der Waals surface area contributed by atoms with E-state index in [0.717, 1.165) is 0 Å². The SMILES string of the molecule is N#CC[C@@H](N)c1cccc(F)n1. The summed E-state index contributed by atoms with van der Waals surface area (Å²) in [7, 11) is 0. The normalized spacial score (nSPS) is 12.1. The molecule has 1 rings (SSSR count). The van der Waals surface area contributed by atoms with Crippen LogP contribution in [0.3, 0.4) is 0 Å². The summed E-state index contributed by atoms with van der Waals surface area (Å²) in [4.78, 5) is 3.55. The van der Waals surface area contributed by atoms with Gasteiger partial charge < -0.3 is 5.73 Å². The van der Waals surface area contributed by atoms with E-state index in [0.29, 0.717) is 5.69 Å². The zero-order valence-electron chi connectivity index (χ0n) is 6.37. The molecule has 0 aliphatic rings. The summed E-state index contributed by atoms with van der Waals surface area (Å²) in [6.45, 7) is 0. The molecule has 3 nitrogen and oxygen atoms in total. The molecule has 0 saturated carbocycles. The lowest BCUT2D eigenvalue weighted by Gasteiger charge is -2.05. The fourth-order valence-corrected chi connectivity index (χ4v) is 0.833. The molecule has 0 aliphatic carbocycles. The Labute approximate surface area is 69.6 Å². The van der Waals surface area contributed by atoms with E-state index < -0.39 is 12.0 Å². The lowest BCUT2D eigenvalue weighted by atomic mass is 10.1. The molecule has 0 amide bonds. The van der Waals surface area contributed by atoms with Gasteiger partial charge in [0.2, 0.25) is 5.95 Å². The summed E-state index contributed by atoms with van der Waals surface area (Å²) in [5.41, 5.74) is 5.94. The van der Waals surface area contributed by atoms with Gasteiger partial charge in [0.05, 0.1) is 24.2 Å². The van der Waals surface area contributed by atoms with Gasteiger partial charge in [0, 0.05) is 0 Å². The van der Waals surface area contributed by atoms with Crippen molar-refractivity contribution >= 4 is 0 Å². The Hall–Kier alpha value is -1.47. The molecule has 12 heavy (non-hydrogen) atoms. The van der Waals surface area contributed by atoms with Gasteiger partial charge in [-0.05, 0) is 12.1 Å². The highest BCUT2D eigenvalue weighted by atomic mass is 19.1. The minimum atomic E-state index is -0.569. The summed E-state index contributed by atoms with van der Waals surface area (Å²) in [5.74, 6) is -0.569. The summed E-state index contributed by atoms with van der Waals surface area (Å²) in [6, 6.07) is 5.77. The molecule has 0 spiro atoms. The Morgan fingerprint density at radius 2 is 2.42 bits per heavy atom. The quantitative estimate of drug-likeness (QED) is 0.668. The average Bonchev–Trinajstić information content (AvgIpc) is 2.05. The molecule has 2 N–H and O–H groups in total. The van der Waals surface area contributed by atoms with Crippen molar-refractivity contribution in [1.82, 2.24) is 4.98 Å². The molecule has 1 heterocycles. The second-order valence-corrected chi connectivity index (χ2v) is 2.35. The van der Waals surface area contributed by atoms with Gasteiger partial charge in [0.25, 0.3) is 0 Å². The minimum absolute atomic E-state index is 0.149. The molecule has 0 bridgehead atoms. The predicted octanol–water partition coefficient (Wildman–Crippen LogP) is 1.13. The van der Waals surface area contributed by atoms with Crippen molar-refractivity contribution in [3.8, 4) is 6.07 Å². The number of rotatable bonds is 2. The van der Waals surface area contributed by atoms with Gasteiger partial charge in [0.15, 0.2) is 0 Å². The average molecular weight is 165 g/mol. The van der Waals surface area contributed by atoms with Crippen LogP contribution in [-0.4, -0.2) is 4.98 Å². The molecular formula is C8H8FN3. The molecule has 0 fully saturated rings. The van der Waals surface area contributed by atoms with Crippen LogP contribution in [0.5, 0.6) is 0 Å². The Balaban J connectivity index is 2.82. The number of aromatic nitrogens is 1. The molecule has 0 radical (unpaired) electrons. The van der Waals surface area contributed by atoms with Crippen LogP contribution in [0.4, 0.5) is 4.39 Å². The maximum atomic E-state index is 12.5. The van der Waals surface area contributed by atoms with Crippen molar-refractivity contribution in [3.63, 3.8) is 0 Å². The van der Waals surface area contributed by atoms with Gasteiger partial charge in [-0.1, -0.05) is 6.07 Å². The maximum Gasteiger partial charge on any atom is 0.213 e. The van der Waals surface area contributed by atoms with Gasteiger partial charge in [-0.25, -0.2) is 4.98 Å². The smallest absolute Gasteiger partial charge is 0.213 e. The number of hydrogen-bond donors (Lipinski definition) is 1. The summed E-state index contributed by atoms with van der Waals surface area (Å²) in [6.07, 6.45) is 0.149. The van der Waals surface area contributed by atoms with Crippen LogP contribution in [-0.2, 0) is 0 Å². The van der Waals surface area contributed by atoms with Crippen molar-refractivity contribution < 1.29 is 4.39 Å². The molecule has 1 aromatic heterocycles. The topological polar surface area (TPSA) is 62.7 Å². The van der Waals surface area contributed by atoms with Crippen LogP contribution in [0.25, 0.3) is 0 Å². The largest absolute Gasteiger partial charge is 0.322 e. The molecule has 0 aliphatic heterocycles. The first-order valence-corrected chi connectivity index (χ1v) is 3.49. The number of hydrogen-bond acceptors (Lipinski definition) is 3. The van der Waals surface area contributed by atoms with E-state index in [1.165, 1.54) is 12.1 Å². The van der Waals surface area contributed by atoms with Gasteiger partial charge in [-0.2, -0.15) is 9.65 Å². The van der Waals surface area contributed by atoms with E-state index in [9.17, 15) is 4.39 Å². The Morgan fingerprint density at radius 1 is 1.67 bits per heavy atom. The van der Waals surface area contributed by atoms with E-state index in [1.54, 1.807) is 6.07 Å². The van der Waals surface area contributed by atoms with Crippen molar-refractivity contribution in [2.24, 2.45) is 5.73 Å². The van der Waals surface area contributed by atoms with Gasteiger partial charge in [0.1, 0.15) is 0 Å². The lowest BCUT2D eigenvalue weighted by molar-refractivity contribution is 0.565. The highest BCUT2D eigenvalue weighted by Gasteiger charge is 2.06. The number of nitriles is 1. The van der Waals surface area contributed by atoms with Crippen LogP contribution >= 0.6 is 0 Å². The minimum Gasteiger partial charge on any atom is -0.322 e. The third kappa shape index (κ3) is 2.01. The van der Waals surface area contributed by atoms with Crippen molar-refractivity contribution in [1.29, 1.82) is 5.26 Å². The van der Waals surface area contributed by atoms with Gasteiger partial charge >= 0.3 is 0 Å². The van der Waals surface area contributed by atoms with Crippen LogP contribution < -0.4 is 5.73 Å². The van der Waals surface area contributed by atoms with Crippen molar-refractivity contribution in [2.75, 3.05) is 0 Å². The first-order chi connectivity index (χ1) is 5.74. The Kier molecular flexibility index (Phi) is 2.72. The second kappa shape index (κ2) is 3.79. The van der Waals surface area contributed by atoms with Crippen LogP contribution in [0.1, 0.15) is 18.2 Å². The highest BCUT2D eigenvalue weighted by Crippen LogP contribution is 2.10. The maximum absolute atomic E-state index is 12.5. The van der Waals surface area contributed by atoms with E-state index in [2.05, 4.69) is 4.98 Å². The standard InChI is InChI=1S/C8H8FN3/c9-8-3-1-2-7(12-8)6(11)4-5-10/h1-3,6H,4,11H2/t6-/m1/s1. The molecule has 1 aromatic rings. The summed E-state index contributed by atoms with van der Waals surface area (Å²) < 4.78 is 12.5. The molecule has 0 aromatic carbocycles. The lowest BCUT2D eigenvalue weighted by Crippen LogP contribution is -2.11. The molecule has 62 valence electrons. The van der Waals surface area contributed by atoms with E-state index >= 15 is 0 Å². The summed E-state index contributed by atoms with van der Waals surface area (Å²) >= 11 is 0. The third-order valence-electron chi connectivity index (χ3n) is 1.43. The first kappa shape index (κ1) is 8.62. The van der Waals surface area contributed by atoms with E-state index in [4.69, 9.17) is 11.0 Å². The highest BCUT2D eigenvalue weighted by molar-refractivity contribution is 5.10. The van der Waals surface area contributed by atoms with Crippen molar-refractivity contribution in [2.45, 2.75) is 12.5 Å². The first-order valence-electron chi connectivity index (χ1n) is 3.49. The Morgan fingerprint density at radius 3 is 3.00 bits per heavy atom. The number of halogens is 1. The van der Waals surface area contributed by atoms with Crippen LogP contribution in [0, 0.1) is 17.3 Å². The predicted molar refractivity (Wildman–Crippen MR) is 41.4 cm³/mol. The van der Waals surface area contributed by atoms with E-state index in [1.807, 2.05) is 6.07 Å². The third-order valence-corrected chi connectivity index (χ3v) is 1.43. The second-order valence-electron chi connectivity index (χ2n) is 2.35. The van der Waals surface area contributed by atoms with Crippen molar-refractivity contribution in [3.05, 3.63) is 29.8 Å².